The first-order valence-electron chi connectivity index (χ1n) is 4.25. The molecule has 0 radical (unpaired) electrons. The van der Waals surface area contributed by atoms with E-state index in [2.05, 4.69) is 0 Å². The highest BCUT2D eigenvalue weighted by atomic mass is 19.4. The Morgan fingerprint density at radius 1 is 0.938 bits per heavy atom. The number of halogens is 7. The van der Waals surface area contributed by atoms with Gasteiger partial charge in [-0.25, -0.2) is 0 Å². The van der Waals surface area contributed by atoms with E-state index in [1.807, 2.05) is 0 Å². The maximum Gasteiger partial charge on any atom is 0.459 e. The molecule has 0 unspecified atom stereocenters. The van der Waals surface area contributed by atoms with E-state index in [1.54, 1.807) is 0 Å². The molecule has 0 bridgehead atoms. The summed E-state index contributed by atoms with van der Waals surface area (Å²) in [5.74, 6) is -11.6. The molecule has 0 aromatic heterocycles. The van der Waals surface area contributed by atoms with Crippen LogP contribution in [0.3, 0.4) is 0 Å². The normalized spacial score (nSPS) is 21.1. The predicted octanol–water partition coefficient (Wildman–Crippen LogP) is 3.51. The highest BCUT2D eigenvalue weighted by molar-refractivity contribution is 5.17. The lowest BCUT2D eigenvalue weighted by atomic mass is 9.64. The summed E-state index contributed by atoms with van der Waals surface area (Å²) >= 11 is 0. The van der Waals surface area contributed by atoms with E-state index in [1.165, 1.54) is 0 Å². The number of nitrogens with zero attached hydrogens (tertiary/aromatic N) is 1. The molecule has 1 saturated carbocycles. The largest absolute Gasteiger partial charge is 0.459 e. The molecule has 0 saturated heterocycles. The van der Waals surface area contributed by atoms with Crippen LogP contribution in [0.1, 0.15) is 19.3 Å². The molecule has 0 aromatic carbocycles. The summed E-state index contributed by atoms with van der Waals surface area (Å²) in [6.45, 7) is 0. The zero-order chi connectivity index (χ0) is 12.8. The van der Waals surface area contributed by atoms with Crippen molar-refractivity contribution in [3.05, 3.63) is 0 Å². The molecule has 1 rings (SSSR count). The van der Waals surface area contributed by atoms with E-state index < -0.39 is 36.3 Å². The van der Waals surface area contributed by atoms with Crippen molar-refractivity contribution < 1.29 is 30.7 Å². The van der Waals surface area contributed by atoms with Gasteiger partial charge in [0.15, 0.2) is 0 Å². The van der Waals surface area contributed by atoms with Crippen molar-refractivity contribution in [3.8, 4) is 6.07 Å². The average Bonchev–Trinajstić information content (AvgIpc) is 1.99. The lowest BCUT2D eigenvalue weighted by Gasteiger charge is -2.44. The maximum atomic E-state index is 13.1. The van der Waals surface area contributed by atoms with Crippen LogP contribution in [0.5, 0.6) is 0 Å². The third kappa shape index (κ3) is 1.37. The number of rotatable bonds is 2. The van der Waals surface area contributed by atoms with E-state index in [0.717, 1.165) is 6.07 Å². The summed E-state index contributed by atoms with van der Waals surface area (Å²) < 4.78 is 86.8. The van der Waals surface area contributed by atoms with Gasteiger partial charge < -0.3 is 0 Å². The summed E-state index contributed by atoms with van der Waals surface area (Å²) in [4.78, 5) is 0. The van der Waals surface area contributed by atoms with E-state index in [9.17, 15) is 30.7 Å². The second-order valence-corrected chi connectivity index (χ2v) is 3.69. The molecule has 92 valence electrons. The summed E-state index contributed by atoms with van der Waals surface area (Å²) in [7, 11) is 0. The van der Waals surface area contributed by atoms with Gasteiger partial charge in [0.05, 0.1) is 6.07 Å². The fourth-order valence-electron chi connectivity index (χ4n) is 1.50. The van der Waals surface area contributed by atoms with Crippen LogP contribution < -0.4 is 0 Å². The highest BCUT2D eigenvalue weighted by Gasteiger charge is 2.80. The summed E-state index contributed by atoms with van der Waals surface area (Å²) in [5.41, 5.74) is -2.90. The van der Waals surface area contributed by atoms with Gasteiger partial charge >= 0.3 is 18.0 Å². The molecule has 0 spiro atoms. The molecule has 0 aromatic rings. The Morgan fingerprint density at radius 3 is 1.56 bits per heavy atom. The van der Waals surface area contributed by atoms with Gasteiger partial charge in [0, 0.05) is 0 Å². The van der Waals surface area contributed by atoms with E-state index in [0.29, 0.717) is 0 Å². The predicted molar refractivity (Wildman–Crippen MR) is 37.8 cm³/mol. The smallest absolute Gasteiger partial charge is 0.198 e. The number of nitriles is 1. The van der Waals surface area contributed by atoms with Gasteiger partial charge in [-0.1, -0.05) is 0 Å². The second-order valence-electron chi connectivity index (χ2n) is 3.69. The van der Waals surface area contributed by atoms with Gasteiger partial charge in [0.25, 0.3) is 0 Å². The molecule has 0 heterocycles. The molecule has 1 nitrogen and oxygen atoms in total. The summed E-state index contributed by atoms with van der Waals surface area (Å²) in [5, 5.41) is 8.37. The maximum absolute atomic E-state index is 13.1. The SMILES string of the molecule is N#CC1(C(F)(F)C(F)(F)C(F)(F)F)CCC1. The monoisotopic (exact) mass is 249 g/mol. The first-order valence-corrected chi connectivity index (χ1v) is 4.25. The van der Waals surface area contributed by atoms with Crippen molar-refractivity contribution in [2.75, 3.05) is 0 Å². The lowest BCUT2D eigenvalue weighted by Crippen LogP contribution is -2.62. The highest BCUT2D eigenvalue weighted by Crippen LogP contribution is 2.61. The Bertz CT molecular complexity index is 320. The van der Waals surface area contributed by atoms with E-state index >= 15 is 0 Å². The van der Waals surface area contributed by atoms with Gasteiger partial charge in [-0.05, 0) is 19.3 Å². The van der Waals surface area contributed by atoms with E-state index in [4.69, 9.17) is 5.26 Å². The summed E-state index contributed by atoms with van der Waals surface area (Å²) in [6.07, 6.45) is -7.63. The minimum Gasteiger partial charge on any atom is -0.198 e. The lowest BCUT2D eigenvalue weighted by molar-refractivity contribution is -0.380. The van der Waals surface area contributed by atoms with Gasteiger partial charge in [-0.2, -0.15) is 36.0 Å². The first kappa shape index (κ1) is 13.1. The molecule has 8 heteroatoms. The van der Waals surface area contributed by atoms with Crippen molar-refractivity contribution in [2.24, 2.45) is 5.41 Å². The Kier molecular flexibility index (Phi) is 2.65. The molecular weight excluding hydrogens is 243 g/mol. The van der Waals surface area contributed by atoms with Crippen molar-refractivity contribution in [2.45, 2.75) is 37.3 Å². The molecule has 1 fully saturated rings. The topological polar surface area (TPSA) is 23.8 Å². The third-order valence-corrected chi connectivity index (χ3v) is 2.77. The van der Waals surface area contributed by atoms with Crippen LogP contribution in [0, 0.1) is 16.7 Å². The van der Waals surface area contributed by atoms with Crippen LogP contribution in [0.25, 0.3) is 0 Å². The molecule has 16 heavy (non-hydrogen) atoms. The van der Waals surface area contributed by atoms with Crippen LogP contribution in [0.15, 0.2) is 0 Å². The van der Waals surface area contributed by atoms with Crippen molar-refractivity contribution in [3.63, 3.8) is 0 Å². The van der Waals surface area contributed by atoms with Crippen LogP contribution in [-0.2, 0) is 0 Å². The van der Waals surface area contributed by atoms with Crippen LogP contribution >= 0.6 is 0 Å². The van der Waals surface area contributed by atoms with Crippen LogP contribution in [0.4, 0.5) is 30.7 Å². The van der Waals surface area contributed by atoms with E-state index in [-0.39, 0.29) is 6.42 Å². The van der Waals surface area contributed by atoms with Gasteiger partial charge in [0.2, 0.25) is 0 Å². The fraction of sp³-hybridized carbons (Fsp3) is 0.875. The van der Waals surface area contributed by atoms with Crippen molar-refractivity contribution in [1.82, 2.24) is 0 Å². The molecule has 0 atom stereocenters. The quantitative estimate of drug-likeness (QED) is 0.687. The zero-order valence-electron chi connectivity index (χ0n) is 7.71. The van der Waals surface area contributed by atoms with Gasteiger partial charge in [0.1, 0.15) is 5.41 Å². The average molecular weight is 249 g/mol. The Morgan fingerprint density at radius 2 is 1.38 bits per heavy atom. The fourth-order valence-corrected chi connectivity index (χ4v) is 1.50. The minimum atomic E-state index is -6.37. The molecule has 1 aliphatic rings. The summed E-state index contributed by atoms with van der Waals surface area (Å²) in [6, 6.07) is 0.903. The molecular formula is C8H6F7N. The molecule has 0 aliphatic heterocycles. The number of hydrogen-bond acceptors (Lipinski definition) is 1. The molecule has 1 aliphatic carbocycles. The Labute approximate surface area is 85.8 Å². The van der Waals surface area contributed by atoms with Gasteiger partial charge in [-0.3, -0.25) is 0 Å². The Balaban J connectivity index is 3.16. The minimum absolute atomic E-state index is 0.0388. The molecule has 0 N–H and O–H groups in total. The Hall–Kier alpha value is -1.00. The number of alkyl halides is 7. The van der Waals surface area contributed by atoms with Crippen molar-refractivity contribution in [1.29, 1.82) is 5.26 Å². The number of hydrogen-bond donors (Lipinski definition) is 0. The second kappa shape index (κ2) is 3.25. The first-order chi connectivity index (χ1) is 7.02. The van der Waals surface area contributed by atoms with Crippen LogP contribution in [0.2, 0.25) is 0 Å². The van der Waals surface area contributed by atoms with Crippen LogP contribution in [-0.4, -0.2) is 18.0 Å². The standard InChI is InChI=1S/C8H6F7N/c9-6(10,5(4-16)2-1-3-5)7(11,12)8(13,14)15/h1-3H2. The van der Waals surface area contributed by atoms with Gasteiger partial charge in [-0.15, -0.1) is 0 Å². The third-order valence-electron chi connectivity index (χ3n) is 2.77. The van der Waals surface area contributed by atoms with Crippen molar-refractivity contribution >= 4 is 0 Å². The molecule has 0 amide bonds. The zero-order valence-corrected chi connectivity index (χ0v) is 7.71.